The molecular weight excluding hydrogens is 352 g/mol. The summed E-state index contributed by atoms with van der Waals surface area (Å²) in [7, 11) is 0. The third-order valence-electron chi connectivity index (χ3n) is 5.08. The number of carbonyl (C=O) groups excluding carboxylic acids is 2. The number of carbonyl (C=O) groups is 2. The molecule has 2 N–H and O–H groups in total. The van der Waals surface area contributed by atoms with Gasteiger partial charge in [0.05, 0.1) is 11.2 Å². The van der Waals surface area contributed by atoms with E-state index in [-0.39, 0.29) is 23.6 Å². The van der Waals surface area contributed by atoms with Gasteiger partial charge in [0.2, 0.25) is 0 Å². The number of fused-ring (bicyclic) bond motifs is 1. The van der Waals surface area contributed by atoms with Gasteiger partial charge in [0.25, 0.3) is 11.8 Å². The lowest BCUT2D eigenvalue weighted by atomic mass is 9.95. The lowest BCUT2D eigenvalue weighted by Gasteiger charge is -2.22. The zero-order chi connectivity index (χ0) is 19.3. The summed E-state index contributed by atoms with van der Waals surface area (Å²) in [6, 6.07) is 12.8. The minimum absolute atomic E-state index is 0.197. The van der Waals surface area contributed by atoms with Crippen molar-refractivity contribution in [3.63, 3.8) is 0 Å². The van der Waals surface area contributed by atoms with Crippen LogP contribution in [0.1, 0.15) is 53.0 Å². The van der Waals surface area contributed by atoms with Crippen molar-refractivity contribution in [1.82, 2.24) is 15.3 Å². The van der Waals surface area contributed by atoms with Crippen LogP contribution in [0.4, 0.5) is 5.69 Å². The molecule has 4 rings (SSSR count). The lowest BCUT2D eigenvalue weighted by molar-refractivity contribution is 0.0922. The zero-order valence-corrected chi connectivity index (χ0v) is 15.5. The number of hydrogen-bond donors (Lipinski definition) is 2. The Morgan fingerprint density at radius 1 is 0.893 bits per heavy atom. The van der Waals surface area contributed by atoms with E-state index in [4.69, 9.17) is 0 Å². The maximum atomic E-state index is 12.7. The van der Waals surface area contributed by atoms with Crippen LogP contribution in [0.15, 0.2) is 54.9 Å². The Morgan fingerprint density at radius 2 is 1.71 bits per heavy atom. The fourth-order valence-corrected chi connectivity index (χ4v) is 3.60. The molecule has 28 heavy (non-hydrogen) atoms. The number of hydrogen-bond acceptors (Lipinski definition) is 4. The molecule has 0 aliphatic heterocycles. The highest BCUT2D eigenvalue weighted by molar-refractivity contribution is 6.09. The average Bonchev–Trinajstić information content (AvgIpc) is 2.75. The molecule has 0 radical (unpaired) electrons. The van der Waals surface area contributed by atoms with Gasteiger partial charge in [-0.05, 0) is 37.1 Å². The van der Waals surface area contributed by atoms with Crippen molar-refractivity contribution in [2.45, 2.75) is 38.1 Å². The van der Waals surface area contributed by atoms with E-state index in [9.17, 15) is 9.59 Å². The summed E-state index contributed by atoms with van der Waals surface area (Å²) in [5.74, 6) is -0.527. The number of nitrogens with one attached hydrogen (secondary N) is 2. The quantitative estimate of drug-likeness (QED) is 0.724. The van der Waals surface area contributed by atoms with E-state index in [1.165, 1.54) is 18.7 Å². The minimum Gasteiger partial charge on any atom is -0.348 e. The van der Waals surface area contributed by atoms with Crippen LogP contribution in [-0.4, -0.2) is 27.8 Å². The summed E-state index contributed by atoms with van der Waals surface area (Å²) in [5, 5.41) is 6.87. The van der Waals surface area contributed by atoms with E-state index in [1.54, 1.807) is 12.3 Å². The predicted octanol–water partition coefficient (Wildman–Crippen LogP) is 3.94. The van der Waals surface area contributed by atoms with E-state index >= 15 is 0 Å². The Labute approximate surface area is 163 Å². The molecule has 0 spiro atoms. The number of pyridine rings is 2. The molecule has 0 atom stereocenters. The molecule has 1 aromatic carbocycles. The van der Waals surface area contributed by atoms with Crippen LogP contribution >= 0.6 is 0 Å². The third kappa shape index (κ3) is 4.01. The van der Waals surface area contributed by atoms with Gasteiger partial charge in [0.1, 0.15) is 5.69 Å². The second-order valence-corrected chi connectivity index (χ2v) is 7.07. The van der Waals surface area contributed by atoms with Crippen molar-refractivity contribution >= 4 is 28.4 Å². The highest BCUT2D eigenvalue weighted by Gasteiger charge is 2.18. The summed E-state index contributed by atoms with van der Waals surface area (Å²) in [6.07, 6.45) is 8.69. The number of nitrogens with zero attached hydrogens (tertiary/aromatic N) is 2. The molecule has 1 fully saturated rings. The van der Waals surface area contributed by atoms with Gasteiger partial charge in [0.15, 0.2) is 0 Å². The van der Waals surface area contributed by atoms with Gasteiger partial charge in [-0.25, -0.2) is 0 Å². The molecule has 2 amide bonds. The molecule has 2 heterocycles. The maximum absolute atomic E-state index is 12.7. The van der Waals surface area contributed by atoms with E-state index in [2.05, 4.69) is 20.6 Å². The second-order valence-electron chi connectivity index (χ2n) is 7.07. The molecule has 142 valence electrons. The fraction of sp³-hybridized carbons (Fsp3) is 0.273. The number of para-hydroxylation sites is 1. The Hall–Kier alpha value is -3.28. The van der Waals surface area contributed by atoms with E-state index in [0.29, 0.717) is 11.3 Å². The first kappa shape index (κ1) is 18.1. The fourth-order valence-electron chi connectivity index (χ4n) is 3.60. The van der Waals surface area contributed by atoms with E-state index < -0.39 is 0 Å². The van der Waals surface area contributed by atoms with Gasteiger partial charge in [-0.3, -0.25) is 19.6 Å². The van der Waals surface area contributed by atoms with Crippen LogP contribution in [0.25, 0.3) is 10.9 Å². The van der Waals surface area contributed by atoms with Gasteiger partial charge in [-0.2, -0.15) is 0 Å². The minimum atomic E-state index is -0.299. The van der Waals surface area contributed by atoms with Crippen LogP contribution < -0.4 is 10.6 Å². The monoisotopic (exact) mass is 374 g/mol. The van der Waals surface area contributed by atoms with Crippen LogP contribution in [0, 0.1) is 0 Å². The normalized spacial score (nSPS) is 14.6. The summed E-state index contributed by atoms with van der Waals surface area (Å²) < 4.78 is 0. The number of anilines is 1. The Bertz CT molecular complexity index is 1010. The molecule has 0 saturated heterocycles. The summed E-state index contributed by atoms with van der Waals surface area (Å²) in [5.41, 5.74) is 2.00. The average molecular weight is 374 g/mol. The molecule has 1 aliphatic carbocycles. The van der Waals surface area contributed by atoms with E-state index in [1.807, 2.05) is 30.3 Å². The van der Waals surface area contributed by atoms with Gasteiger partial charge in [-0.15, -0.1) is 0 Å². The topological polar surface area (TPSA) is 84.0 Å². The lowest BCUT2D eigenvalue weighted by Crippen LogP contribution is -2.36. The molecule has 3 aromatic rings. The number of benzene rings is 1. The standard InChI is InChI=1S/C22H22N4O2/c27-21(26-18-10-4-6-15-7-5-12-24-20(15)18)16-11-13-23-19(14-16)22(28)25-17-8-2-1-3-9-17/h4-7,10-14,17H,1-3,8-9H2,(H,25,28)(H,26,27). The van der Waals surface area contributed by atoms with Crippen LogP contribution in [0.5, 0.6) is 0 Å². The molecule has 1 saturated carbocycles. The van der Waals surface area contributed by atoms with Crippen LogP contribution in [-0.2, 0) is 0 Å². The Morgan fingerprint density at radius 3 is 2.57 bits per heavy atom. The largest absolute Gasteiger partial charge is 0.348 e. The highest BCUT2D eigenvalue weighted by Crippen LogP contribution is 2.21. The number of amides is 2. The van der Waals surface area contributed by atoms with E-state index in [0.717, 1.165) is 36.6 Å². The van der Waals surface area contributed by atoms with Gasteiger partial charge < -0.3 is 10.6 Å². The van der Waals surface area contributed by atoms with Crippen molar-refractivity contribution in [2.75, 3.05) is 5.32 Å². The smallest absolute Gasteiger partial charge is 0.270 e. The number of aromatic nitrogens is 2. The summed E-state index contributed by atoms with van der Waals surface area (Å²) in [6.45, 7) is 0. The van der Waals surface area contributed by atoms with Gasteiger partial charge in [-0.1, -0.05) is 37.5 Å². The summed E-state index contributed by atoms with van der Waals surface area (Å²) in [4.78, 5) is 33.7. The molecule has 1 aliphatic rings. The highest BCUT2D eigenvalue weighted by atomic mass is 16.2. The Kier molecular flexibility index (Phi) is 5.28. The molecule has 6 nitrogen and oxygen atoms in total. The predicted molar refractivity (Wildman–Crippen MR) is 108 cm³/mol. The molecule has 0 unspecified atom stereocenters. The van der Waals surface area contributed by atoms with Crippen LogP contribution in [0.2, 0.25) is 0 Å². The van der Waals surface area contributed by atoms with Crippen molar-refractivity contribution in [2.24, 2.45) is 0 Å². The van der Waals surface area contributed by atoms with Crippen molar-refractivity contribution < 1.29 is 9.59 Å². The second kappa shape index (κ2) is 8.17. The molecule has 0 bridgehead atoms. The zero-order valence-electron chi connectivity index (χ0n) is 15.5. The third-order valence-corrected chi connectivity index (χ3v) is 5.08. The van der Waals surface area contributed by atoms with Crippen molar-refractivity contribution in [3.8, 4) is 0 Å². The molecule has 2 aromatic heterocycles. The maximum Gasteiger partial charge on any atom is 0.270 e. The van der Waals surface area contributed by atoms with Crippen LogP contribution in [0.3, 0.4) is 0 Å². The van der Waals surface area contributed by atoms with Gasteiger partial charge in [0, 0.05) is 29.4 Å². The molecular formula is C22H22N4O2. The van der Waals surface area contributed by atoms with Crippen molar-refractivity contribution in [3.05, 3.63) is 66.1 Å². The first-order valence-corrected chi connectivity index (χ1v) is 9.63. The summed E-state index contributed by atoms with van der Waals surface area (Å²) >= 11 is 0. The first-order chi connectivity index (χ1) is 13.7. The first-order valence-electron chi connectivity index (χ1n) is 9.63. The Balaban J connectivity index is 1.50. The number of rotatable bonds is 4. The molecule has 6 heteroatoms. The van der Waals surface area contributed by atoms with Crippen molar-refractivity contribution in [1.29, 1.82) is 0 Å². The van der Waals surface area contributed by atoms with Gasteiger partial charge >= 0.3 is 0 Å². The SMILES string of the molecule is O=C(Nc1cccc2cccnc12)c1ccnc(C(=O)NC2CCCCC2)c1.